The standard InChI is InChI=1S/C22H23ClN4O4S/c1-13-6-5-7-14(2)20(13)31-11-18-25-26-22(27(18)3)32-12-19(28)24-17-10-15(21(29)30-4)8-9-16(17)23/h5-10H,11-12H2,1-4H3,(H,24,28). The van der Waals surface area contributed by atoms with Gasteiger partial charge in [-0.1, -0.05) is 41.6 Å². The number of para-hydroxylation sites is 1. The third-order valence-electron chi connectivity index (χ3n) is 4.67. The summed E-state index contributed by atoms with van der Waals surface area (Å²) < 4.78 is 12.4. The molecule has 10 heteroatoms. The van der Waals surface area contributed by atoms with Gasteiger partial charge >= 0.3 is 5.97 Å². The Morgan fingerprint density at radius 2 is 1.88 bits per heavy atom. The first kappa shape index (κ1) is 23.6. The topological polar surface area (TPSA) is 95.3 Å². The lowest BCUT2D eigenvalue weighted by atomic mass is 10.1. The van der Waals surface area contributed by atoms with Gasteiger partial charge in [0.25, 0.3) is 0 Å². The van der Waals surface area contributed by atoms with Crippen LogP contribution in [0.4, 0.5) is 5.69 Å². The van der Waals surface area contributed by atoms with Gasteiger partial charge in [0.1, 0.15) is 12.4 Å². The highest BCUT2D eigenvalue weighted by Crippen LogP contribution is 2.25. The molecule has 8 nitrogen and oxygen atoms in total. The van der Waals surface area contributed by atoms with Gasteiger partial charge in [0, 0.05) is 7.05 Å². The van der Waals surface area contributed by atoms with Crippen LogP contribution in [0.5, 0.6) is 5.75 Å². The Morgan fingerprint density at radius 1 is 1.16 bits per heavy atom. The number of methoxy groups -OCH3 is 1. The molecule has 0 saturated heterocycles. The third-order valence-corrected chi connectivity index (χ3v) is 6.02. The summed E-state index contributed by atoms with van der Waals surface area (Å²) in [4.78, 5) is 24.1. The highest BCUT2D eigenvalue weighted by molar-refractivity contribution is 7.99. The maximum Gasteiger partial charge on any atom is 0.337 e. The normalized spacial score (nSPS) is 10.7. The summed E-state index contributed by atoms with van der Waals surface area (Å²) in [5.41, 5.74) is 2.73. The van der Waals surface area contributed by atoms with Crippen LogP contribution >= 0.6 is 23.4 Å². The van der Waals surface area contributed by atoms with Crippen LogP contribution in [0.25, 0.3) is 0 Å². The second-order valence-electron chi connectivity index (χ2n) is 6.99. The molecule has 0 atom stereocenters. The number of aromatic nitrogens is 3. The van der Waals surface area contributed by atoms with Crippen LogP contribution in [0.3, 0.4) is 0 Å². The maximum absolute atomic E-state index is 12.4. The second kappa shape index (κ2) is 10.5. The van der Waals surface area contributed by atoms with Crippen LogP contribution in [0.15, 0.2) is 41.6 Å². The second-order valence-corrected chi connectivity index (χ2v) is 8.34. The van der Waals surface area contributed by atoms with E-state index in [4.69, 9.17) is 21.1 Å². The fourth-order valence-corrected chi connectivity index (χ4v) is 3.84. The zero-order chi connectivity index (χ0) is 23.3. The number of aryl methyl sites for hydroxylation is 2. The summed E-state index contributed by atoms with van der Waals surface area (Å²) in [7, 11) is 3.11. The Hall–Kier alpha value is -3.04. The van der Waals surface area contributed by atoms with E-state index in [1.807, 2.05) is 39.1 Å². The van der Waals surface area contributed by atoms with Crippen LogP contribution in [0.2, 0.25) is 5.02 Å². The number of nitrogens with one attached hydrogen (secondary N) is 1. The van der Waals surface area contributed by atoms with Crippen molar-refractivity contribution in [3.05, 3.63) is 63.9 Å². The van der Waals surface area contributed by atoms with Gasteiger partial charge in [-0.15, -0.1) is 10.2 Å². The molecule has 0 saturated carbocycles. The number of benzene rings is 2. The minimum absolute atomic E-state index is 0.0858. The van der Waals surface area contributed by atoms with Crippen molar-refractivity contribution in [2.24, 2.45) is 7.05 Å². The van der Waals surface area contributed by atoms with Gasteiger partial charge in [0.05, 0.1) is 29.1 Å². The molecule has 168 valence electrons. The van der Waals surface area contributed by atoms with Gasteiger partial charge in [0.2, 0.25) is 5.91 Å². The quantitative estimate of drug-likeness (QED) is 0.386. The van der Waals surface area contributed by atoms with Gasteiger partial charge in [-0.2, -0.15) is 0 Å². The fourth-order valence-electron chi connectivity index (χ4n) is 2.94. The zero-order valence-electron chi connectivity index (χ0n) is 18.1. The number of ether oxygens (including phenoxy) is 2. The largest absolute Gasteiger partial charge is 0.485 e. The first-order valence-corrected chi connectivity index (χ1v) is 11.0. The predicted molar refractivity (Wildman–Crippen MR) is 123 cm³/mol. The molecule has 1 aromatic heterocycles. The first-order chi connectivity index (χ1) is 15.3. The summed E-state index contributed by atoms with van der Waals surface area (Å²) in [6.45, 7) is 4.25. The molecule has 32 heavy (non-hydrogen) atoms. The molecule has 0 spiro atoms. The zero-order valence-corrected chi connectivity index (χ0v) is 19.7. The van der Waals surface area contributed by atoms with Crippen LogP contribution in [-0.4, -0.2) is 39.5 Å². The van der Waals surface area contributed by atoms with E-state index in [9.17, 15) is 9.59 Å². The molecule has 3 rings (SSSR count). The Labute approximate surface area is 195 Å². The van der Waals surface area contributed by atoms with E-state index in [1.54, 1.807) is 4.57 Å². The third kappa shape index (κ3) is 5.60. The molecule has 2 aromatic carbocycles. The average molecular weight is 475 g/mol. The molecular weight excluding hydrogens is 452 g/mol. The predicted octanol–water partition coefficient (Wildman–Crippen LogP) is 4.18. The number of hydrogen-bond acceptors (Lipinski definition) is 7. The number of carbonyl (C=O) groups is 2. The molecule has 0 fully saturated rings. The van der Waals surface area contributed by atoms with Crippen molar-refractivity contribution in [3.8, 4) is 5.75 Å². The minimum Gasteiger partial charge on any atom is -0.485 e. The van der Waals surface area contributed by atoms with Crippen LogP contribution < -0.4 is 10.1 Å². The summed E-state index contributed by atoms with van der Waals surface area (Å²) in [5, 5.41) is 11.9. The van der Waals surface area contributed by atoms with Gasteiger partial charge in [-0.25, -0.2) is 4.79 Å². The van der Waals surface area contributed by atoms with Crippen molar-refractivity contribution >= 4 is 40.9 Å². The Bertz CT molecular complexity index is 1130. The number of halogens is 1. The van der Waals surface area contributed by atoms with Crippen molar-refractivity contribution < 1.29 is 19.1 Å². The van der Waals surface area contributed by atoms with Crippen LogP contribution in [0, 0.1) is 13.8 Å². The smallest absolute Gasteiger partial charge is 0.337 e. The van der Waals surface area contributed by atoms with E-state index in [2.05, 4.69) is 15.5 Å². The molecule has 1 heterocycles. The van der Waals surface area contributed by atoms with E-state index in [-0.39, 0.29) is 18.3 Å². The number of nitrogens with zero attached hydrogens (tertiary/aromatic N) is 3. The van der Waals surface area contributed by atoms with Gasteiger partial charge in [-0.3, -0.25) is 4.79 Å². The number of hydrogen-bond donors (Lipinski definition) is 1. The first-order valence-electron chi connectivity index (χ1n) is 9.68. The number of esters is 1. The van der Waals surface area contributed by atoms with Crippen LogP contribution in [-0.2, 0) is 23.2 Å². The molecule has 1 amide bonds. The van der Waals surface area contributed by atoms with Crippen molar-refractivity contribution in [2.75, 3.05) is 18.2 Å². The van der Waals surface area contributed by atoms with E-state index >= 15 is 0 Å². The SMILES string of the molecule is COC(=O)c1ccc(Cl)c(NC(=O)CSc2nnc(COc3c(C)cccc3C)n2C)c1. The molecule has 3 aromatic rings. The van der Waals surface area contributed by atoms with E-state index < -0.39 is 5.97 Å². The molecule has 0 bridgehead atoms. The van der Waals surface area contributed by atoms with Gasteiger partial charge in [-0.05, 0) is 43.2 Å². The van der Waals surface area contributed by atoms with Crippen molar-refractivity contribution in [1.29, 1.82) is 0 Å². The summed E-state index contributed by atoms with van der Waals surface area (Å²) in [6, 6.07) is 10.5. The molecular formula is C22H23ClN4O4S. The number of amides is 1. The number of thioether (sulfide) groups is 1. The Kier molecular flexibility index (Phi) is 7.76. The average Bonchev–Trinajstić information content (AvgIpc) is 3.12. The molecule has 0 aliphatic rings. The van der Waals surface area contributed by atoms with Gasteiger partial charge in [0.15, 0.2) is 11.0 Å². The lowest BCUT2D eigenvalue weighted by Crippen LogP contribution is -2.15. The molecule has 1 N–H and O–H groups in total. The van der Waals surface area contributed by atoms with Crippen molar-refractivity contribution in [2.45, 2.75) is 25.6 Å². The Morgan fingerprint density at radius 3 is 2.56 bits per heavy atom. The summed E-state index contributed by atoms with van der Waals surface area (Å²) >= 11 is 7.36. The summed E-state index contributed by atoms with van der Waals surface area (Å²) in [5.74, 6) is 0.749. The lowest BCUT2D eigenvalue weighted by Gasteiger charge is -2.11. The molecule has 0 aliphatic heterocycles. The highest BCUT2D eigenvalue weighted by atomic mass is 35.5. The maximum atomic E-state index is 12.4. The van der Waals surface area contributed by atoms with Crippen LogP contribution in [0.1, 0.15) is 27.3 Å². The molecule has 0 radical (unpaired) electrons. The number of anilines is 1. The lowest BCUT2D eigenvalue weighted by molar-refractivity contribution is -0.113. The fraction of sp³-hybridized carbons (Fsp3) is 0.273. The number of carbonyl (C=O) groups excluding carboxylic acids is 2. The van der Waals surface area contributed by atoms with E-state index in [0.717, 1.165) is 16.9 Å². The molecule has 0 unspecified atom stereocenters. The highest BCUT2D eigenvalue weighted by Gasteiger charge is 2.15. The Balaban J connectivity index is 1.59. The minimum atomic E-state index is -0.513. The summed E-state index contributed by atoms with van der Waals surface area (Å²) in [6.07, 6.45) is 0. The molecule has 0 aliphatic carbocycles. The number of rotatable bonds is 8. The van der Waals surface area contributed by atoms with E-state index in [0.29, 0.717) is 27.3 Å². The van der Waals surface area contributed by atoms with Crippen molar-refractivity contribution in [1.82, 2.24) is 14.8 Å². The monoisotopic (exact) mass is 474 g/mol. The van der Waals surface area contributed by atoms with E-state index in [1.165, 1.54) is 37.1 Å². The van der Waals surface area contributed by atoms with Crippen molar-refractivity contribution in [3.63, 3.8) is 0 Å². The van der Waals surface area contributed by atoms with Gasteiger partial charge < -0.3 is 19.4 Å².